The molecule has 0 saturated heterocycles. The van der Waals surface area contributed by atoms with E-state index in [0.717, 1.165) is 53.1 Å². The Hall–Kier alpha value is -2.78. The minimum absolute atomic E-state index is 0.0336. The number of amides is 2. The SMILES string of the molecule is COCCCN(C[C@]1(O)CC[C@H]2[C@]34C=C[C@@]5(C=C3C(=O)c3ccc(C)s3)CC(O)CC[C@]5(C)[C@H]4CC[C@@]21C)C(=O)Nc1ccccc1. The number of carbonyl (C=O) groups is 2. The van der Waals surface area contributed by atoms with Crippen molar-refractivity contribution in [2.45, 2.75) is 83.8 Å². The maximum Gasteiger partial charge on any atom is 0.321 e. The zero-order chi connectivity index (χ0) is 33.2. The summed E-state index contributed by atoms with van der Waals surface area (Å²) in [5, 5.41) is 26.9. The Balaban J connectivity index is 1.27. The number of aliphatic hydroxyl groups excluding tert-OH is 1. The van der Waals surface area contributed by atoms with Gasteiger partial charge >= 0.3 is 6.03 Å². The van der Waals surface area contributed by atoms with Crippen LogP contribution in [0, 0.1) is 40.4 Å². The van der Waals surface area contributed by atoms with Gasteiger partial charge in [0.05, 0.1) is 23.1 Å². The Morgan fingerprint density at radius 2 is 1.72 bits per heavy atom. The zero-order valence-corrected chi connectivity index (χ0v) is 29.1. The highest BCUT2D eigenvalue weighted by atomic mass is 32.1. The van der Waals surface area contributed by atoms with E-state index in [0.29, 0.717) is 32.4 Å². The summed E-state index contributed by atoms with van der Waals surface area (Å²) in [6.45, 7) is 7.89. The molecule has 8 heteroatoms. The topological polar surface area (TPSA) is 99.1 Å². The number of Topliss-reactive ketones (excluding diaryl/α,β-unsaturated/α-hetero) is 1. The minimum Gasteiger partial charge on any atom is -0.393 e. The van der Waals surface area contributed by atoms with Crippen LogP contribution < -0.4 is 5.32 Å². The first-order chi connectivity index (χ1) is 22.4. The molecule has 2 amide bonds. The number of ketones is 1. The molecule has 3 N–H and O–H groups in total. The molecule has 2 bridgehead atoms. The number of urea groups is 1. The summed E-state index contributed by atoms with van der Waals surface area (Å²) in [5.41, 5.74) is -1.01. The van der Waals surface area contributed by atoms with Gasteiger partial charge in [-0.25, -0.2) is 4.79 Å². The maximum atomic E-state index is 14.7. The maximum absolute atomic E-state index is 14.7. The highest BCUT2D eigenvalue weighted by molar-refractivity contribution is 7.14. The van der Waals surface area contributed by atoms with Crippen molar-refractivity contribution in [1.29, 1.82) is 0 Å². The third kappa shape index (κ3) is 4.84. The van der Waals surface area contributed by atoms with E-state index in [1.807, 2.05) is 49.4 Å². The molecule has 3 fully saturated rings. The number of allylic oxidation sites excluding steroid dienone is 4. The number of ether oxygens (including phenoxy) is 1. The van der Waals surface area contributed by atoms with Crippen molar-refractivity contribution in [2.75, 3.05) is 32.1 Å². The van der Waals surface area contributed by atoms with Gasteiger partial charge in [-0.1, -0.05) is 50.3 Å². The lowest BCUT2D eigenvalue weighted by Crippen LogP contribution is -2.67. The normalized spacial score (nSPS) is 38.3. The summed E-state index contributed by atoms with van der Waals surface area (Å²) >= 11 is 1.55. The van der Waals surface area contributed by atoms with Gasteiger partial charge in [-0.3, -0.25) is 4.79 Å². The molecule has 8 rings (SSSR count). The monoisotopic (exact) mass is 658 g/mol. The number of carbonyl (C=O) groups excluding carboxylic acids is 2. The second-order valence-corrected chi connectivity index (χ2v) is 16.9. The van der Waals surface area contributed by atoms with Crippen LogP contribution in [0.25, 0.3) is 0 Å². The number of methoxy groups -OCH3 is 1. The summed E-state index contributed by atoms with van der Waals surface area (Å²) in [7, 11) is 1.66. The van der Waals surface area contributed by atoms with E-state index in [-0.39, 0.29) is 47.1 Å². The minimum atomic E-state index is -1.13. The van der Waals surface area contributed by atoms with Crippen molar-refractivity contribution in [1.82, 2.24) is 4.90 Å². The fourth-order valence-electron chi connectivity index (χ4n) is 11.0. The lowest BCUT2D eigenvalue weighted by molar-refractivity contribution is -0.174. The number of anilines is 1. The average molecular weight is 659 g/mol. The zero-order valence-electron chi connectivity index (χ0n) is 28.3. The third-order valence-corrected chi connectivity index (χ3v) is 14.5. The first-order valence-electron chi connectivity index (χ1n) is 17.5. The van der Waals surface area contributed by atoms with Crippen LogP contribution in [-0.4, -0.2) is 65.4 Å². The van der Waals surface area contributed by atoms with Gasteiger partial charge in [-0.05, 0) is 99.8 Å². The molecule has 252 valence electrons. The van der Waals surface area contributed by atoms with Crippen molar-refractivity contribution >= 4 is 28.8 Å². The molecular formula is C39H50N2O5S. The summed E-state index contributed by atoms with van der Waals surface area (Å²) < 4.78 is 5.33. The number of thiophene rings is 1. The molecule has 1 unspecified atom stereocenters. The number of aliphatic hydroxyl groups is 2. The number of nitrogens with one attached hydrogen (secondary N) is 1. The smallest absolute Gasteiger partial charge is 0.321 e. The van der Waals surface area contributed by atoms with Crippen LogP contribution in [0.5, 0.6) is 0 Å². The van der Waals surface area contributed by atoms with Gasteiger partial charge < -0.3 is 25.2 Å². The Kier molecular flexibility index (Phi) is 8.14. The molecule has 6 aliphatic carbocycles. The van der Waals surface area contributed by atoms with Gasteiger partial charge in [0.15, 0.2) is 5.78 Å². The van der Waals surface area contributed by atoms with Crippen LogP contribution in [-0.2, 0) is 4.74 Å². The van der Waals surface area contributed by atoms with Crippen molar-refractivity contribution in [2.24, 2.45) is 33.5 Å². The molecule has 2 spiro atoms. The molecule has 8 atom stereocenters. The molecule has 0 aliphatic heterocycles. The first-order valence-corrected chi connectivity index (χ1v) is 18.3. The molecular weight excluding hydrogens is 609 g/mol. The van der Waals surface area contributed by atoms with Gasteiger partial charge in [0, 0.05) is 52.6 Å². The summed E-state index contributed by atoms with van der Waals surface area (Å²) in [5.74, 6) is 0.366. The third-order valence-electron chi connectivity index (χ3n) is 13.5. The summed E-state index contributed by atoms with van der Waals surface area (Å²) in [4.78, 5) is 32.1. The number of para-hydroxylation sites is 1. The standard InChI is InChI=1S/C39H50N2O5S/c1-26-11-12-30(47-26)33(43)29-24-37-19-20-39(29)31(35(37,2)16-13-28(42)23-37)14-17-36(3)32(39)15-18-38(36,45)25-41(21-8-22-46-4)34(44)40-27-9-6-5-7-10-27/h5-7,9-12,19-20,24,28,31-32,42,45H,8,13-18,21-23,25H2,1-4H3,(H,40,44)/t28?,31-,32-,35-,36+,37+,38-,39-/m1/s1. The summed E-state index contributed by atoms with van der Waals surface area (Å²) in [6, 6.07) is 13.2. The van der Waals surface area contributed by atoms with Crippen LogP contribution in [0.1, 0.15) is 79.8 Å². The number of nitrogens with zero attached hydrogens (tertiary/aromatic N) is 1. The van der Waals surface area contributed by atoms with Crippen LogP contribution in [0.4, 0.5) is 10.5 Å². The summed E-state index contributed by atoms with van der Waals surface area (Å²) in [6.07, 6.45) is 12.7. The highest BCUT2D eigenvalue weighted by Crippen LogP contribution is 2.78. The quantitative estimate of drug-likeness (QED) is 0.148. The van der Waals surface area contributed by atoms with Gasteiger partial charge in [0.2, 0.25) is 0 Å². The van der Waals surface area contributed by atoms with Crippen LogP contribution in [0.15, 0.2) is 66.3 Å². The van der Waals surface area contributed by atoms with Crippen molar-refractivity contribution in [3.8, 4) is 0 Å². The van der Waals surface area contributed by atoms with Crippen LogP contribution in [0.2, 0.25) is 0 Å². The van der Waals surface area contributed by atoms with Gasteiger partial charge in [-0.2, -0.15) is 0 Å². The van der Waals surface area contributed by atoms with Gasteiger partial charge in [0.1, 0.15) is 0 Å². The van der Waals surface area contributed by atoms with E-state index >= 15 is 0 Å². The van der Waals surface area contributed by atoms with Crippen molar-refractivity contribution < 1.29 is 24.5 Å². The molecule has 3 saturated carbocycles. The van der Waals surface area contributed by atoms with Crippen LogP contribution >= 0.6 is 11.3 Å². The number of hydrogen-bond donors (Lipinski definition) is 3. The van der Waals surface area contributed by atoms with Gasteiger partial charge in [-0.15, -0.1) is 11.3 Å². The van der Waals surface area contributed by atoms with E-state index in [4.69, 9.17) is 4.74 Å². The van der Waals surface area contributed by atoms with E-state index in [1.165, 1.54) is 0 Å². The molecule has 6 aliphatic rings. The van der Waals surface area contributed by atoms with E-state index in [9.17, 15) is 19.8 Å². The molecule has 2 aromatic rings. The average Bonchev–Trinajstić information content (AvgIpc) is 3.60. The molecule has 7 nitrogen and oxygen atoms in total. The van der Waals surface area contributed by atoms with Crippen molar-refractivity contribution in [3.63, 3.8) is 0 Å². The number of rotatable bonds is 9. The second kappa shape index (κ2) is 11.7. The first kappa shape index (κ1) is 32.8. The predicted molar refractivity (Wildman–Crippen MR) is 185 cm³/mol. The molecule has 1 aromatic carbocycles. The molecule has 1 heterocycles. The molecule has 47 heavy (non-hydrogen) atoms. The Morgan fingerprint density at radius 1 is 1.00 bits per heavy atom. The van der Waals surface area contributed by atoms with E-state index < -0.39 is 16.4 Å². The molecule has 1 aromatic heterocycles. The van der Waals surface area contributed by atoms with Crippen molar-refractivity contribution in [3.05, 3.63) is 76.0 Å². The Morgan fingerprint density at radius 3 is 2.45 bits per heavy atom. The van der Waals surface area contributed by atoms with E-state index in [2.05, 4.69) is 37.4 Å². The number of hydrogen-bond acceptors (Lipinski definition) is 6. The fraction of sp³-hybridized carbons (Fsp3) is 0.590. The van der Waals surface area contributed by atoms with Gasteiger partial charge in [0.25, 0.3) is 0 Å². The lowest BCUT2D eigenvalue weighted by atomic mass is 9.32. The molecule has 0 radical (unpaired) electrons. The number of fused-ring (bicyclic) bond motifs is 1. The van der Waals surface area contributed by atoms with Crippen LogP contribution in [0.3, 0.4) is 0 Å². The fourth-order valence-corrected chi connectivity index (χ4v) is 11.8. The highest BCUT2D eigenvalue weighted by Gasteiger charge is 2.74. The second-order valence-electron chi connectivity index (χ2n) is 15.6. The Bertz CT molecular complexity index is 1600. The largest absolute Gasteiger partial charge is 0.393 e. The lowest BCUT2D eigenvalue weighted by Gasteiger charge is -2.71. The predicted octanol–water partition coefficient (Wildman–Crippen LogP) is 7.40. The number of aryl methyl sites for hydroxylation is 1. The number of benzene rings is 1. The Labute approximate surface area is 283 Å². The van der Waals surface area contributed by atoms with E-state index in [1.54, 1.807) is 23.3 Å².